The molecule has 0 spiro atoms. The summed E-state index contributed by atoms with van der Waals surface area (Å²) < 4.78 is 7.40. The van der Waals surface area contributed by atoms with Gasteiger partial charge in [-0.15, -0.1) is 0 Å². The lowest BCUT2D eigenvalue weighted by atomic mass is 9.98. The Morgan fingerprint density at radius 3 is 2.54 bits per heavy atom. The highest BCUT2D eigenvalue weighted by Gasteiger charge is 2.19. The van der Waals surface area contributed by atoms with E-state index in [1.54, 1.807) is 36.7 Å². The van der Waals surface area contributed by atoms with Crippen molar-refractivity contribution < 1.29 is 4.74 Å². The van der Waals surface area contributed by atoms with E-state index in [0.717, 1.165) is 49.2 Å². The van der Waals surface area contributed by atoms with Gasteiger partial charge < -0.3 is 15.4 Å². The zero-order valence-electron chi connectivity index (χ0n) is 21.7. The quantitative estimate of drug-likeness (QED) is 0.356. The van der Waals surface area contributed by atoms with Gasteiger partial charge in [-0.05, 0) is 61.7 Å². The number of hydrogen-bond donors (Lipinski definition) is 1. The maximum Gasteiger partial charge on any atom is 0.267 e. The van der Waals surface area contributed by atoms with E-state index in [1.807, 2.05) is 30.3 Å². The summed E-state index contributed by atoms with van der Waals surface area (Å²) in [5, 5.41) is 13.7. The lowest BCUT2D eigenvalue weighted by Crippen LogP contribution is -2.38. The molecule has 1 saturated heterocycles. The smallest absolute Gasteiger partial charge is 0.267 e. The normalized spacial score (nSPS) is 14.2. The lowest BCUT2D eigenvalue weighted by Gasteiger charge is -2.31. The van der Waals surface area contributed by atoms with E-state index >= 15 is 0 Å². The summed E-state index contributed by atoms with van der Waals surface area (Å²) in [6.07, 6.45) is 5.64. The second-order valence-electron chi connectivity index (χ2n) is 9.73. The molecule has 0 unspecified atom stereocenters. The number of piperidine rings is 1. The largest absolute Gasteiger partial charge is 0.490 e. The van der Waals surface area contributed by atoms with Crippen molar-refractivity contribution in [3.05, 3.63) is 94.5 Å². The van der Waals surface area contributed by atoms with Crippen LogP contribution in [0, 0.1) is 17.2 Å². The Morgan fingerprint density at radius 1 is 1.00 bits per heavy atom. The molecular formula is C30H31N7O2. The topological polar surface area (TPSA) is 123 Å². The minimum Gasteiger partial charge on any atom is -0.490 e. The van der Waals surface area contributed by atoms with Crippen LogP contribution in [0.1, 0.15) is 24.0 Å². The van der Waals surface area contributed by atoms with Crippen LogP contribution in [0.4, 0.5) is 0 Å². The number of nitrogens with zero attached hydrogens (tertiary/aromatic N) is 6. The average molecular weight is 522 g/mol. The van der Waals surface area contributed by atoms with Gasteiger partial charge in [-0.3, -0.25) is 4.79 Å². The van der Waals surface area contributed by atoms with Crippen molar-refractivity contribution in [2.75, 3.05) is 32.8 Å². The van der Waals surface area contributed by atoms with Gasteiger partial charge in [-0.25, -0.2) is 14.6 Å². The number of rotatable bonds is 9. The van der Waals surface area contributed by atoms with Gasteiger partial charge in [0.1, 0.15) is 0 Å². The van der Waals surface area contributed by atoms with Crippen LogP contribution >= 0.6 is 0 Å². The van der Waals surface area contributed by atoms with Gasteiger partial charge in [0.2, 0.25) is 0 Å². The van der Waals surface area contributed by atoms with E-state index in [-0.39, 0.29) is 5.56 Å². The van der Waals surface area contributed by atoms with E-state index in [9.17, 15) is 10.1 Å². The van der Waals surface area contributed by atoms with Gasteiger partial charge in [-0.1, -0.05) is 30.3 Å². The van der Waals surface area contributed by atoms with Crippen molar-refractivity contribution in [2.45, 2.75) is 19.4 Å². The predicted molar refractivity (Wildman–Crippen MR) is 149 cm³/mol. The first-order valence-corrected chi connectivity index (χ1v) is 13.2. The first-order valence-electron chi connectivity index (χ1n) is 13.2. The Kier molecular flexibility index (Phi) is 8.36. The molecule has 198 valence electrons. The van der Waals surface area contributed by atoms with E-state index in [4.69, 9.17) is 10.5 Å². The van der Waals surface area contributed by atoms with Crippen LogP contribution in [-0.2, 0) is 6.54 Å². The van der Waals surface area contributed by atoms with Crippen molar-refractivity contribution in [1.82, 2.24) is 24.6 Å². The van der Waals surface area contributed by atoms with Crippen LogP contribution < -0.4 is 16.0 Å². The summed E-state index contributed by atoms with van der Waals surface area (Å²) in [6.45, 7) is 4.76. The summed E-state index contributed by atoms with van der Waals surface area (Å²) in [5.41, 5.74) is 9.15. The molecule has 0 bridgehead atoms. The highest BCUT2D eigenvalue weighted by atomic mass is 16.5. The molecule has 1 fully saturated rings. The molecule has 39 heavy (non-hydrogen) atoms. The summed E-state index contributed by atoms with van der Waals surface area (Å²) in [6, 6.07) is 20.2. The monoisotopic (exact) mass is 521 g/mol. The second-order valence-corrected chi connectivity index (χ2v) is 9.73. The van der Waals surface area contributed by atoms with Crippen LogP contribution in [-0.4, -0.2) is 57.4 Å². The standard InChI is InChI=1S/C30H31N7O2/c31-11-14-36-12-9-22(10-13-36)21-39-27-18-33-30(34-19-27)26-6-2-4-24(16-26)20-37-29(38)8-7-28(35-37)25-5-1-3-23(15-25)17-32/h1-8,15-16,18-19,22H,9-14,20-21,31H2. The maximum atomic E-state index is 12.5. The summed E-state index contributed by atoms with van der Waals surface area (Å²) >= 11 is 0. The zero-order valence-corrected chi connectivity index (χ0v) is 21.7. The van der Waals surface area contributed by atoms with Crippen molar-refractivity contribution >= 4 is 0 Å². The molecule has 2 N–H and O–H groups in total. The Balaban J connectivity index is 1.23. The number of ether oxygens (including phenoxy) is 1. The average Bonchev–Trinajstić information content (AvgIpc) is 2.98. The minimum atomic E-state index is -0.205. The van der Waals surface area contributed by atoms with Crippen molar-refractivity contribution in [3.63, 3.8) is 0 Å². The van der Waals surface area contributed by atoms with Gasteiger partial charge in [0.05, 0.1) is 42.9 Å². The van der Waals surface area contributed by atoms with Gasteiger partial charge in [-0.2, -0.15) is 10.4 Å². The number of aromatic nitrogens is 4. The molecule has 2 aromatic heterocycles. The fourth-order valence-corrected chi connectivity index (χ4v) is 4.76. The molecule has 2 aromatic carbocycles. The Bertz CT molecular complexity index is 1500. The van der Waals surface area contributed by atoms with E-state index < -0.39 is 0 Å². The molecule has 0 atom stereocenters. The van der Waals surface area contributed by atoms with Gasteiger partial charge >= 0.3 is 0 Å². The number of benzene rings is 2. The fraction of sp³-hybridized carbons (Fsp3) is 0.300. The molecule has 0 amide bonds. The molecule has 5 rings (SSSR count). The number of hydrogen-bond acceptors (Lipinski definition) is 8. The SMILES string of the molecule is N#Cc1cccc(-c2ccc(=O)n(Cc3cccc(-c4ncc(OCC5CCN(CCN)CC5)cn4)c3)n2)c1. The van der Waals surface area contributed by atoms with E-state index in [2.05, 4.69) is 26.0 Å². The van der Waals surface area contributed by atoms with Crippen LogP contribution in [0.5, 0.6) is 5.75 Å². The third-order valence-corrected chi connectivity index (χ3v) is 6.94. The predicted octanol–water partition coefficient (Wildman–Crippen LogP) is 3.34. The highest BCUT2D eigenvalue weighted by Crippen LogP contribution is 2.22. The van der Waals surface area contributed by atoms with Gasteiger partial charge in [0.25, 0.3) is 5.56 Å². The van der Waals surface area contributed by atoms with Crippen LogP contribution in [0.15, 0.2) is 77.9 Å². The van der Waals surface area contributed by atoms with Crippen LogP contribution in [0.3, 0.4) is 0 Å². The summed E-state index contributed by atoms with van der Waals surface area (Å²) in [5.74, 6) is 1.77. The van der Waals surface area contributed by atoms with Gasteiger partial charge in [0, 0.05) is 30.3 Å². The lowest BCUT2D eigenvalue weighted by molar-refractivity contribution is 0.143. The number of nitrogens with two attached hydrogens (primary N) is 1. The van der Waals surface area contributed by atoms with Crippen molar-refractivity contribution in [3.8, 4) is 34.5 Å². The first kappa shape index (κ1) is 26.2. The fourth-order valence-electron chi connectivity index (χ4n) is 4.76. The molecule has 1 aliphatic heterocycles. The van der Waals surface area contributed by atoms with Crippen LogP contribution in [0.25, 0.3) is 22.6 Å². The Labute approximate surface area is 227 Å². The molecule has 9 nitrogen and oxygen atoms in total. The maximum absolute atomic E-state index is 12.5. The third-order valence-electron chi connectivity index (χ3n) is 6.94. The molecule has 3 heterocycles. The number of likely N-dealkylation sites (tertiary alicyclic amines) is 1. The third kappa shape index (κ3) is 6.74. The van der Waals surface area contributed by atoms with E-state index in [1.165, 1.54) is 10.7 Å². The van der Waals surface area contributed by atoms with Crippen molar-refractivity contribution in [2.24, 2.45) is 11.7 Å². The number of nitriles is 1. The van der Waals surface area contributed by atoms with Crippen LogP contribution in [0.2, 0.25) is 0 Å². The molecular weight excluding hydrogens is 490 g/mol. The highest BCUT2D eigenvalue weighted by molar-refractivity contribution is 5.60. The first-order chi connectivity index (χ1) is 19.1. The molecule has 4 aromatic rings. The second kappa shape index (κ2) is 12.4. The molecule has 0 aliphatic carbocycles. The molecule has 1 aliphatic rings. The molecule has 0 radical (unpaired) electrons. The Hall–Kier alpha value is -4.39. The summed E-state index contributed by atoms with van der Waals surface area (Å²) in [4.78, 5) is 24.0. The van der Waals surface area contributed by atoms with Gasteiger partial charge in [0.15, 0.2) is 11.6 Å². The minimum absolute atomic E-state index is 0.205. The molecule has 9 heteroatoms. The zero-order chi connectivity index (χ0) is 27.0. The molecule has 0 saturated carbocycles. The van der Waals surface area contributed by atoms with E-state index in [0.29, 0.717) is 48.4 Å². The summed E-state index contributed by atoms with van der Waals surface area (Å²) in [7, 11) is 0. The Morgan fingerprint density at radius 2 is 1.77 bits per heavy atom. The van der Waals surface area contributed by atoms with Crippen molar-refractivity contribution in [1.29, 1.82) is 5.26 Å².